The van der Waals surface area contributed by atoms with Crippen LogP contribution in [0.25, 0.3) is 0 Å². The zero-order valence-corrected chi connectivity index (χ0v) is 17.6. The molecule has 0 aliphatic heterocycles. The number of hydrogen-bond acceptors (Lipinski definition) is 4. The zero-order valence-electron chi connectivity index (χ0n) is 6.59. The SMILES string of the molecule is O=S(=O)([O-])[O-].[Cl-].[Cl-].[Cl-].[K+].[Mg+2].[Mg+2].[Na+]. The van der Waals surface area contributed by atoms with Crippen LogP contribution in [-0.4, -0.2) is 63.6 Å². The van der Waals surface area contributed by atoms with Crippen molar-refractivity contribution in [2.75, 3.05) is 0 Å². The Morgan fingerprint density at radius 1 is 0.833 bits per heavy atom. The summed E-state index contributed by atoms with van der Waals surface area (Å²) in [5.74, 6) is 0. The summed E-state index contributed by atoms with van der Waals surface area (Å²) in [6.07, 6.45) is 0. The average molecular weight is 313 g/mol. The Morgan fingerprint density at radius 3 is 0.833 bits per heavy atom. The average Bonchev–Trinajstić information content (AvgIpc) is 0.722. The smallest absolute Gasteiger partial charge is 1.00 e. The van der Waals surface area contributed by atoms with Crippen molar-refractivity contribution in [2.24, 2.45) is 0 Å². The molecule has 0 aliphatic carbocycles. The zero-order chi connectivity index (χ0) is 4.50. The number of hydrogen-bond donors (Lipinski definition) is 0. The Balaban J connectivity index is -0.00000000381. The van der Waals surface area contributed by atoms with Gasteiger partial charge in [0.2, 0.25) is 0 Å². The molecule has 0 N–H and O–H groups in total. The van der Waals surface area contributed by atoms with E-state index in [1.54, 1.807) is 0 Å². The predicted octanol–water partition coefficient (Wildman–Crippen LogP) is -17.1. The van der Waals surface area contributed by atoms with Crippen molar-refractivity contribution in [3.05, 3.63) is 0 Å². The molecule has 12 heteroatoms. The quantitative estimate of drug-likeness (QED) is 0.253. The summed E-state index contributed by atoms with van der Waals surface area (Å²) in [6, 6.07) is 0. The first-order chi connectivity index (χ1) is 2.00. The molecule has 0 radical (unpaired) electrons. The van der Waals surface area contributed by atoms with Gasteiger partial charge in [-0.2, -0.15) is 0 Å². The molecule has 0 spiro atoms. The normalized spacial score (nSPS) is 4.83. The van der Waals surface area contributed by atoms with Gasteiger partial charge in [-0.1, -0.05) is 0 Å². The van der Waals surface area contributed by atoms with Crippen LogP contribution in [0.2, 0.25) is 0 Å². The fourth-order valence-electron chi connectivity index (χ4n) is 0. The third kappa shape index (κ3) is 120. The largest absolute Gasteiger partial charge is 2.00 e. The number of rotatable bonds is 0. The third-order valence-corrected chi connectivity index (χ3v) is 0. The summed E-state index contributed by atoms with van der Waals surface area (Å²) >= 11 is 0. The Kier molecular flexibility index (Phi) is 134. The molecule has 56 valence electrons. The van der Waals surface area contributed by atoms with E-state index in [0.717, 1.165) is 0 Å². The van der Waals surface area contributed by atoms with E-state index in [-0.39, 0.29) is 164 Å². The molecule has 0 saturated heterocycles. The molecule has 0 aromatic rings. The van der Waals surface area contributed by atoms with Crippen LogP contribution in [0.5, 0.6) is 0 Å². The van der Waals surface area contributed by atoms with Crippen molar-refractivity contribution in [2.45, 2.75) is 0 Å². The van der Waals surface area contributed by atoms with Crippen LogP contribution in [0.4, 0.5) is 0 Å². The van der Waals surface area contributed by atoms with Crippen LogP contribution < -0.4 is 118 Å². The minimum absolute atomic E-state index is 0. The van der Waals surface area contributed by atoms with Gasteiger partial charge in [0.05, 0.1) is 0 Å². The first-order valence-electron chi connectivity index (χ1n) is 0.667. The molecule has 0 saturated carbocycles. The monoisotopic (exact) mass is 311 g/mol. The molecule has 0 fully saturated rings. The van der Waals surface area contributed by atoms with Gasteiger partial charge in [-0.15, -0.1) is 0 Å². The molecule has 4 nitrogen and oxygen atoms in total. The van der Waals surface area contributed by atoms with Crippen molar-refractivity contribution in [3.63, 3.8) is 0 Å². The van der Waals surface area contributed by atoms with Crippen molar-refractivity contribution in [1.82, 2.24) is 0 Å². The number of halogens is 3. The summed E-state index contributed by atoms with van der Waals surface area (Å²) < 4.78 is 34.1. The van der Waals surface area contributed by atoms with Gasteiger partial charge in [0.1, 0.15) is 0 Å². The predicted molar refractivity (Wildman–Crippen MR) is 22.0 cm³/mol. The molecule has 0 heterocycles. The van der Waals surface area contributed by atoms with Gasteiger partial charge in [0, 0.05) is 10.4 Å². The summed E-state index contributed by atoms with van der Waals surface area (Å²) in [5, 5.41) is 0. The van der Waals surface area contributed by atoms with E-state index in [4.69, 9.17) is 17.5 Å². The molecule has 0 rings (SSSR count). The molecular formula is Cl3KMg2NaO4S+. The van der Waals surface area contributed by atoms with Crippen LogP contribution in [-0.2, 0) is 10.4 Å². The second-order valence-electron chi connectivity index (χ2n) is 0.408. The van der Waals surface area contributed by atoms with E-state index in [1.807, 2.05) is 0 Å². The molecule has 12 heavy (non-hydrogen) atoms. The van der Waals surface area contributed by atoms with Crippen molar-refractivity contribution in [3.8, 4) is 0 Å². The molecule has 0 bridgehead atoms. The summed E-state index contributed by atoms with van der Waals surface area (Å²) in [7, 11) is -5.17. The van der Waals surface area contributed by atoms with Crippen LogP contribution >= 0.6 is 0 Å². The Bertz CT molecular complexity index is 111. The maximum Gasteiger partial charge on any atom is 2.00 e. The van der Waals surface area contributed by atoms with Crippen LogP contribution in [0.3, 0.4) is 0 Å². The van der Waals surface area contributed by atoms with Gasteiger partial charge in [-0.05, 0) is 0 Å². The standard InChI is InChI=1S/3ClH.K.2Mg.Na.H2O4S/c;;;;;;;1-5(2,3)4/h3*1H;;;;;(H2,1,2,3,4)/q;;;+1;2*+2;+1;/p-5. The van der Waals surface area contributed by atoms with E-state index in [0.29, 0.717) is 0 Å². The topological polar surface area (TPSA) is 80.3 Å². The van der Waals surface area contributed by atoms with Crippen LogP contribution in [0.15, 0.2) is 0 Å². The van der Waals surface area contributed by atoms with Gasteiger partial charge < -0.3 is 46.3 Å². The fraction of sp³-hybridized carbons (Fsp3) is 0. The van der Waals surface area contributed by atoms with E-state index >= 15 is 0 Å². The van der Waals surface area contributed by atoms with Crippen LogP contribution in [0.1, 0.15) is 0 Å². The first kappa shape index (κ1) is 53.9. The van der Waals surface area contributed by atoms with E-state index in [2.05, 4.69) is 0 Å². The van der Waals surface area contributed by atoms with Gasteiger partial charge in [0.25, 0.3) is 0 Å². The summed E-state index contributed by atoms with van der Waals surface area (Å²) in [6.45, 7) is 0. The maximum atomic E-state index is 8.52. The molecular weight excluding hydrogens is 313 g/mol. The Hall–Kier alpha value is 4.91. The summed E-state index contributed by atoms with van der Waals surface area (Å²) in [5.41, 5.74) is 0. The third-order valence-electron chi connectivity index (χ3n) is 0. The minimum Gasteiger partial charge on any atom is -1.00 e. The fourth-order valence-corrected chi connectivity index (χ4v) is 0. The van der Waals surface area contributed by atoms with E-state index < -0.39 is 10.4 Å². The molecule has 0 atom stereocenters. The van der Waals surface area contributed by atoms with Gasteiger partial charge in [-0.25, -0.2) is 0 Å². The van der Waals surface area contributed by atoms with Crippen LogP contribution in [0, 0.1) is 0 Å². The molecule has 0 aromatic carbocycles. The first-order valence-corrected chi connectivity index (χ1v) is 2.00. The molecule has 0 amide bonds. The van der Waals surface area contributed by atoms with Crippen molar-refractivity contribution >= 4 is 56.5 Å². The van der Waals surface area contributed by atoms with E-state index in [1.165, 1.54) is 0 Å². The molecule has 0 unspecified atom stereocenters. The second-order valence-corrected chi connectivity index (χ2v) is 1.22. The van der Waals surface area contributed by atoms with Gasteiger partial charge in [-0.3, -0.25) is 8.42 Å². The minimum atomic E-state index is -5.17. The van der Waals surface area contributed by atoms with E-state index in [9.17, 15) is 0 Å². The van der Waals surface area contributed by atoms with Gasteiger partial charge >= 0.3 is 127 Å². The second kappa shape index (κ2) is 29.7. The van der Waals surface area contributed by atoms with Crippen molar-refractivity contribution < 1.29 is 136 Å². The molecule has 0 aromatic heterocycles. The molecule has 0 aliphatic rings. The Labute approximate surface area is 187 Å². The Morgan fingerprint density at radius 2 is 0.833 bits per heavy atom. The summed E-state index contributed by atoms with van der Waals surface area (Å²) in [4.78, 5) is 0. The van der Waals surface area contributed by atoms with Gasteiger partial charge in [0.15, 0.2) is 0 Å². The maximum absolute atomic E-state index is 8.52. The van der Waals surface area contributed by atoms with Crippen molar-refractivity contribution in [1.29, 1.82) is 0 Å².